The van der Waals surface area contributed by atoms with Crippen molar-refractivity contribution in [3.05, 3.63) is 77.9 Å². The minimum Gasteiger partial charge on any atom is -0.318 e. The standard InChI is InChI=1S/C22H18F3N3O2/c1-14(15-9-11-18(12-10-15)26-21(30)22(23,24)25)27-28-20(29)13-17-7-4-6-16-5-2-3-8-19(16)17/h2-12H,13H2,1H3,(H,26,30)(H,28,29)/b27-14-. The molecule has 0 heterocycles. The normalized spacial score (nSPS) is 11.9. The van der Waals surface area contributed by atoms with Crippen LogP contribution in [-0.2, 0) is 16.0 Å². The first kappa shape index (κ1) is 21.0. The molecule has 2 N–H and O–H groups in total. The van der Waals surface area contributed by atoms with Crippen LogP contribution in [0, 0.1) is 0 Å². The van der Waals surface area contributed by atoms with E-state index < -0.39 is 12.1 Å². The van der Waals surface area contributed by atoms with E-state index >= 15 is 0 Å². The molecule has 3 aromatic carbocycles. The lowest BCUT2D eigenvalue weighted by atomic mass is 10.0. The summed E-state index contributed by atoms with van der Waals surface area (Å²) in [5.74, 6) is -2.33. The lowest BCUT2D eigenvalue weighted by molar-refractivity contribution is -0.167. The quantitative estimate of drug-likeness (QED) is 0.480. The summed E-state index contributed by atoms with van der Waals surface area (Å²) in [6.45, 7) is 1.65. The van der Waals surface area contributed by atoms with Crippen LogP contribution in [0.3, 0.4) is 0 Å². The number of amides is 2. The van der Waals surface area contributed by atoms with Gasteiger partial charge in [-0.05, 0) is 41.0 Å². The van der Waals surface area contributed by atoms with Crippen LogP contribution in [0.4, 0.5) is 18.9 Å². The number of nitrogens with zero attached hydrogens (tertiary/aromatic N) is 1. The van der Waals surface area contributed by atoms with Crippen LogP contribution in [0.1, 0.15) is 18.1 Å². The van der Waals surface area contributed by atoms with Crippen LogP contribution < -0.4 is 10.7 Å². The average Bonchev–Trinajstić information content (AvgIpc) is 2.72. The van der Waals surface area contributed by atoms with Crippen LogP contribution in [0.15, 0.2) is 71.8 Å². The smallest absolute Gasteiger partial charge is 0.318 e. The van der Waals surface area contributed by atoms with E-state index in [0.29, 0.717) is 11.3 Å². The fourth-order valence-electron chi connectivity index (χ4n) is 2.87. The zero-order valence-electron chi connectivity index (χ0n) is 16.0. The van der Waals surface area contributed by atoms with Crippen molar-refractivity contribution < 1.29 is 22.8 Å². The molecule has 5 nitrogen and oxygen atoms in total. The van der Waals surface area contributed by atoms with Crippen LogP contribution >= 0.6 is 0 Å². The monoisotopic (exact) mass is 413 g/mol. The van der Waals surface area contributed by atoms with Crippen molar-refractivity contribution in [2.45, 2.75) is 19.5 Å². The van der Waals surface area contributed by atoms with Gasteiger partial charge in [0.1, 0.15) is 0 Å². The van der Waals surface area contributed by atoms with Gasteiger partial charge >= 0.3 is 12.1 Å². The topological polar surface area (TPSA) is 70.6 Å². The largest absolute Gasteiger partial charge is 0.471 e. The second-order valence-electron chi connectivity index (χ2n) is 6.58. The van der Waals surface area contributed by atoms with E-state index in [1.165, 1.54) is 24.3 Å². The summed E-state index contributed by atoms with van der Waals surface area (Å²) in [7, 11) is 0. The van der Waals surface area contributed by atoms with Gasteiger partial charge in [-0.1, -0.05) is 54.6 Å². The van der Waals surface area contributed by atoms with E-state index in [2.05, 4.69) is 10.5 Å². The number of fused-ring (bicyclic) bond motifs is 1. The van der Waals surface area contributed by atoms with Crippen LogP contribution in [0.5, 0.6) is 0 Å². The first-order chi connectivity index (χ1) is 14.2. The zero-order valence-corrected chi connectivity index (χ0v) is 16.0. The third-order valence-corrected chi connectivity index (χ3v) is 4.40. The van der Waals surface area contributed by atoms with Crippen molar-refractivity contribution in [1.29, 1.82) is 0 Å². The number of halogens is 3. The summed E-state index contributed by atoms with van der Waals surface area (Å²) < 4.78 is 36.9. The van der Waals surface area contributed by atoms with Gasteiger partial charge in [0.15, 0.2) is 0 Å². The number of carbonyl (C=O) groups is 2. The number of anilines is 1. The van der Waals surface area contributed by atoms with Crippen molar-refractivity contribution >= 4 is 34.0 Å². The Balaban J connectivity index is 1.63. The maximum atomic E-state index is 12.3. The van der Waals surface area contributed by atoms with Gasteiger partial charge in [0.25, 0.3) is 0 Å². The molecule has 3 rings (SSSR count). The van der Waals surface area contributed by atoms with Gasteiger partial charge in [0, 0.05) is 5.69 Å². The Morgan fingerprint density at radius 3 is 2.30 bits per heavy atom. The molecule has 0 saturated heterocycles. The molecular formula is C22H18F3N3O2. The Morgan fingerprint density at radius 1 is 0.933 bits per heavy atom. The number of benzene rings is 3. The van der Waals surface area contributed by atoms with E-state index in [-0.39, 0.29) is 18.0 Å². The molecule has 0 bridgehead atoms. The van der Waals surface area contributed by atoms with Gasteiger partial charge in [-0.25, -0.2) is 5.43 Å². The molecule has 0 aliphatic rings. The molecule has 154 valence electrons. The first-order valence-electron chi connectivity index (χ1n) is 9.02. The SMILES string of the molecule is C/C(=N/NC(=O)Cc1cccc2ccccc12)c1ccc(NC(=O)C(F)(F)F)cc1. The fraction of sp³-hybridized carbons (Fsp3) is 0.136. The number of rotatable bonds is 5. The number of nitrogens with one attached hydrogen (secondary N) is 2. The van der Waals surface area contributed by atoms with Crippen molar-refractivity contribution in [1.82, 2.24) is 5.43 Å². The highest BCUT2D eigenvalue weighted by atomic mass is 19.4. The van der Waals surface area contributed by atoms with E-state index in [0.717, 1.165) is 16.3 Å². The molecule has 0 aliphatic carbocycles. The fourth-order valence-corrected chi connectivity index (χ4v) is 2.87. The molecule has 0 aliphatic heterocycles. The zero-order chi connectivity index (χ0) is 21.7. The summed E-state index contributed by atoms with van der Waals surface area (Å²) in [5.41, 5.74) is 4.43. The third kappa shape index (κ3) is 5.22. The number of carbonyl (C=O) groups excluding carboxylic acids is 2. The maximum absolute atomic E-state index is 12.3. The van der Waals surface area contributed by atoms with Gasteiger partial charge in [-0.15, -0.1) is 0 Å². The van der Waals surface area contributed by atoms with E-state index in [1.54, 1.807) is 12.2 Å². The van der Waals surface area contributed by atoms with Crippen LogP contribution in [-0.4, -0.2) is 23.7 Å². The minimum atomic E-state index is -4.95. The molecule has 0 saturated carbocycles. The molecule has 0 spiro atoms. The highest BCUT2D eigenvalue weighted by molar-refractivity contribution is 6.00. The predicted octanol–water partition coefficient (Wildman–Crippen LogP) is 4.42. The second-order valence-corrected chi connectivity index (χ2v) is 6.58. The molecule has 30 heavy (non-hydrogen) atoms. The third-order valence-electron chi connectivity index (χ3n) is 4.40. The lowest BCUT2D eigenvalue weighted by Gasteiger charge is -2.09. The molecule has 8 heteroatoms. The van der Waals surface area contributed by atoms with Gasteiger partial charge in [0.2, 0.25) is 5.91 Å². The number of hydrogen-bond donors (Lipinski definition) is 2. The molecule has 0 unspecified atom stereocenters. The second kappa shape index (κ2) is 8.77. The van der Waals surface area contributed by atoms with Crippen molar-refractivity contribution in [2.75, 3.05) is 5.32 Å². The Bertz CT molecular complexity index is 1100. The van der Waals surface area contributed by atoms with Crippen molar-refractivity contribution in [3.63, 3.8) is 0 Å². The first-order valence-corrected chi connectivity index (χ1v) is 9.02. The molecule has 0 atom stereocenters. The summed E-state index contributed by atoms with van der Waals surface area (Å²) in [4.78, 5) is 23.2. The minimum absolute atomic E-state index is 0.00821. The Hall–Kier alpha value is -3.68. The van der Waals surface area contributed by atoms with E-state index in [1.807, 2.05) is 42.5 Å². The van der Waals surface area contributed by atoms with Gasteiger partial charge in [-0.2, -0.15) is 18.3 Å². The predicted molar refractivity (Wildman–Crippen MR) is 109 cm³/mol. The Morgan fingerprint density at radius 2 is 1.60 bits per heavy atom. The average molecular weight is 413 g/mol. The highest BCUT2D eigenvalue weighted by Gasteiger charge is 2.38. The molecule has 3 aromatic rings. The Labute approximate surface area is 170 Å². The molecule has 0 radical (unpaired) electrons. The summed E-state index contributed by atoms with van der Waals surface area (Å²) in [6.07, 6.45) is -4.80. The van der Waals surface area contributed by atoms with Gasteiger partial charge in [-0.3, -0.25) is 9.59 Å². The van der Waals surface area contributed by atoms with Gasteiger partial charge in [0.05, 0.1) is 12.1 Å². The number of alkyl halides is 3. The summed E-state index contributed by atoms with van der Waals surface area (Å²) in [6, 6.07) is 19.2. The summed E-state index contributed by atoms with van der Waals surface area (Å²) in [5, 5.41) is 7.85. The van der Waals surface area contributed by atoms with E-state index in [9.17, 15) is 22.8 Å². The Kier molecular flexibility index (Phi) is 6.15. The number of hydrogen-bond acceptors (Lipinski definition) is 3. The van der Waals surface area contributed by atoms with Crippen molar-refractivity contribution in [2.24, 2.45) is 5.10 Å². The molecular weight excluding hydrogens is 395 g/mol. The molecule has 2 amide bonds. The summed E-state index contributed by atoms with van der Waals surface area (Å²) >= 11 is 0. The molecule has 0 fully saturated rings. The van der Waals surface area contributed by atoms with E-state index in [4.69, 9.17) is 0 Å². The number of hydrazone groups is 1. The molecule has 0 aromatic heterocycles. The lowest BCUT2D eigenvalue weighted by Crippen LogP contribution is -2.29. The highest BCUT2D eigenvalue weighted by Crippen LogP contribution is 2.20. The maximum Gasteiger partial charge on any atom is 0.471 e. The van der Waals surface area contributed by atoms with Gasteiger partial charge < -0.3 is 5.32 Å². The van der Waals surface area contributed by atoms with Crippen LogP contribution in [0.25, 0.3) is 10.8 Å². The van der Waals surface area contributed by atoms with Crippen molar-refractivity contribution in [3.8, 4) is 0 Å². The van der Waals surface area contributed by atoms with Crippen LogP contribution in [0.2, 0.25) is 0 Å².